The standard InChI is InChI=1S/C15H16N4O3/c1-10-13(15(21)22)5-7-18(10)14(20)11-3-2-4-12(9-11)19-8-6-16-17-19/h2-4,6,8-10,13H,5,7H2,1H3,(H,21,22). The topological polar surface area (TPSA) is 88.3 Å². The summed E-state index contributed by atoms with van der Waals surface area (Å²) < 4.78 is 1.57. The molecule has 1 aliphatic heterocycles. The smallest absolute Gasteiger partial charge is 0.308 e. The van der Waals surface area contributed by atoms with Crippen LogP contribution in [0.4, 0.5) is 0 Å². The normalized spacial score (nSPS) is 21.0. The summed E-state index contributed by atoms with van der Waals surface area (Å²) in [6, 6.07) is 6.76. The van der Waals surface area contributed by atoms with Crippen molar-refractivity contribution in [2.45, 2.75) is 19.4 Å². The maximum Gasteiger partial charge on any atom is 0.308 e. The molecule has 0 bridgehead atoms. The van der Waals surface area contributed by atoms with Crippen LogP contribution in [0.25, 0.3) is 5.69 Å². The molecule has 0 radical (unpaired) electrons. The van der Waals surface area contributed by atoms with Crippen molar-refractivity contribution in [3.05, 3.63) is 42.2 Å². The molecule has 0 spiro atoms. The molecule has 114 valence electrons. The second kappa shape index (κ2) is 5.59. The van der Waals surface area contributed by atoms with Gasteiger partial charge in [-0.05, 0) is 31.5 Å². The number of likely N-dealkylation sites (tertiary alicyclic amines) is 1. The number of hydrogen-bond acceptors (Lipinski definition) is 4. The number of carbonyl (C=O) groups excluding carboxylic acids is 1. The van der Waals surface area contributed by atoms with E-state index in [9.17, 15) is 9.59 Å². The van der Waals surface area contributed by atoms with Crippen molar-refractivity contribution in [2.75, 3.05) is 6.54 Å². The molecule has 7 heteroatoms. The van der Waals surface area contributed by atoms with Crippen LogP contribution in [0.15, 0.2) is 36.7 Å². The Balaban J connectivity index is 1.84. The third kappa shape index (κ3) is 2.45. The van der Waals surface area contributed by atoms with Crippen LogP contribution in [0.3, 0.4) is 0 Å². The van der Waals surface area contributed by atoms with E-state index in [1.807, 2.05) is 6.07 Å². The van der Waals surface area contributed by atoms with Gasteiger partial charge >= 0.3 is 5.97 Å². The molecule has 0 saturated carbocycles. The van der Waals surface area contributed by atoms with E-state index in [-0.39, 0.29) is 11.9 Å². The highest BCUT2D eigenvalue weighted by molar-refractivity contribution is 5.95. The van der Waals surface area contributed by atoms with Gasteiger partial charge in [0, 0.05) is 18.2 Å². The molecular weight excluding hydrogens is 284 g/mol. The number of carbonyl (C=O) groups is 2. The summed E-state index contributed by atoms with van der Waals surface area (Å²) in [5, 5.41) is 16.8. The minimum atomic E-state index is -0.848. The SMILES string of the molecule is CC1C(C(=O)O)CCN1C(=O)c1cccc(-n2ccnn2)c1. The van der Waals surface area contributed by atoms with Crippen LogP contribution in [0, 0.1) is 5.92 Å². The van der Waals surface area contributed by atoms with Crippen LogP contribution < -0.4 is 0 Å². The summed E-state index contributed by atoms with van der Waals surface area (Å²) in [5.41, 5.74) is 1.26. The second-order valence-corrected chi connectivity index (χ2v) is 5.37. The lowest BCUT2D eigenvalue weighted by atomic mass is 10.0. The third-order valence-corrected chi connectivity index (χ3v) is 4.11. The number of aliphatic carboxylic acids is 1. The summed E-state index contributed by atoms with van der Waals surface area (Å²) in [7, 11) is 0. The van der Waals surface area contributed by atoms with Crippen molar-refractivity contribution in [1.82, 2.24) is 19.9 Å². The minimum absolute atomic E-state index is 0.154. The fraction of sp³-hybridized carbons (Fsp3) is 0.333. The van der Waals surface area contributed by atoms with Gasteiger partial charge < -0.3 is 10.0 Å². The molecule has 1 aromatic heterocycles. The quantitative estimate of drug-likeness (QED) is 0.920. The monoisotopic (exact) mass is 300 g/mol. The van der Waals surface area contributed by atoms with E-state index >= 15 is 0 Å². The Kier molecular flexibility index (Phi) is 3.62. The Morgan fingerprint density at radius 3 is 2.82 bits per heavy atom. The zero-order valence-electron chi connectivity index (χ0n) is 12.1. The molecule has 1 N–H and O–H groups in total. The Morgan fingerprint density at radius 2 is 2.18 bits per heavy atom. The van der Waals surface area contributed by atoms with Crippen LogP contribution in [0.5, 0.6) is 0 Å². The van der Waals surface area contributed by atoms with Gasteiger partial charge in [-0.1, -0.05) is 11.3 Å². The molecule has 2 aromatic rings. The molecule has 2 heterocycles. The Morgan fingerprint density at radius 1 is 1.36 bits per heavy atom. The zero-order valence-corrected chi connectivity index (χ0v) is 12.1. The number of amides is 1. The lowest BCUT2D eigenvalue weighted by Crippen LogP contribution is -2.37. The third-order valence-electron chi connectivity index (χ3n) is 4.11. The summed E-state index contributed by atoms with van der Waals surface area (Å²) in [6.07, 6.45) is 3.75. The first-order valence-electron chi connectivity index (χ1n) is 7.08. The predicted molar refractivity (Wildman–Crippen MR) is 77.6 cm³/mol. The van der Waals surface area contributed by atoms with Gasteiger partial charge in [-0.25, -0.2) is 4.68 Å². The largest absolute Gasteiger partial charge is 0.481 e. The van der Waals surface area contributed by atoms with Gasteiger partial charge in [-0.2, -0.15) is 0 Å². The average molecular weight is 300 g/mol. The molecule has 2 atom stereocenters. The highest BCUT2D eigenvalue weighted by Crippen LogP contribution is 2.26. The van der Waals surface area contributed by atoms with Crippen LogP contribution in [0.2, 0.25) is 0 Å². The summed E-state index contributed by atoms with van der Waals surface area (Å²) >= 11 is 0. The molecule has 7 nitrogen and oxygen atoms in total. The van der Waals surface area contributed by atoms with Gasteiger partial charge in [0.25, 0.3) is 5.91 Å². The Labute approximate surface area is 127 Å². The van der Waals surface area contributed by atoms with E-state index in [1.165, 1.54) is 0 Å². The van der Waals surface area contributed by atoms with Crippen molar-refractivity contribution >= 4 is 11.9 Å². The van der Waals surface area contributed by atoms with Gasteiger partial charge in [0.1, 0.15) is 0 Å². The molecule has 1 fully saturated rings. The molecule has 1 aromatic carbocycles. The molecule has 1 amide bonds. The minimum Gasteiger partial charge on any atom is -0.481 e. The number of carboxylic acid groups (broad SMARTS) is 1. The fourth-order valence-corrected chi connectivity index (χ4v) is 2.85. The highest BCUT2D eigenvalue weighted by atomic mass is 16.4. The van der Waals surface area contributed by atoms with E-state index in [0.717, 1.165) is 5.69 Å². The van der Waals surface area contributed by atoms with Gasteiger partial charge in [0.05, 0.1) is 24.0 Å². The number of nitrogens with zero attached hydrogens (tertiary/aromatic N) is 4. The van der Waals surface area contributed by atoms with Crippen molar-refractivity contribution in [3.63, 3.8) is 0 Å². The van der Waals surface area contributed by atoms with E-state index < -0.39 is 11.9 Å². The number of hydrogen-bond donors (Lipinski definition) is 1. The van der Waals surface area contributed by atoms with E-state index in [1.54, 1.807) is 47.1 Å². The Hall–Kier alpha value is -2.70. The van der Waals surface area contributed by atoms with E-state index in [4.69, 9.17) is 5.11 Å². The lowest BCUT2D eigenvalue weighted by molar-refractivity contribution is -0.142. The number of benzene rings is 1. The summed E-state index contributed by atoms with van der Waals surface area (Å²) in [5.74, 6) is -1.50. The number of aromatic nitrogens is 3. The number of rotatable bonds is 3. The number of carboxylic acids is 1. The summed E-state index contributed by atoms with van der Waals surface area (Å²) in [6.45, 7) is 2.25. The van der Waals surface area contributed by atoms with Crippen LogP contribution in [-0.2, 0) is 4.79 Å². The fourth-order valence-electron chi connectivity index (χ4n) is 2.85. The van der Waals surface area contributed by atoms with E-state index in [2.05, 4.69) is 10.3 Å². The molecule has 1 saturated heterocycles. The first kappa shape index (κ1) is 14.2. The molecule has 2 unspecified atom stereocenters. The maximum atomic E-state index is 12.6. The van der Waals surface area contributed by atoms with Gasteiger partial charge in [0.15, 0.2) is 0 Å². The van der Waals surface area contributed by atoms with Gasteiger partial charge in [0.2, 0.25) is 0 Å². The van der Waals surface area contributed by atoms with Crippen LogP contribution in [-0.4, -0.2) is 49.5 Å². The van der Waals surface area contributed by atoms with Crippen LogP contribution in [0.1, 0.15) is 23.7 Å². The van der Waals surface area contributed by atoms with E-state index in [0.29, 0.717) is 18.5 Å². The molecule has 22 heavy (non-hydrogen) atoms. The zero-order chi connectivity index (χ0) is 15.7. The molecule has 3 rings (SSSR count). The highest BCUT2D eigenvalue weighted by Gasteiger charge is 2.38. The predicted octanol–water partition coefficient (Wildman–Crippen LogP) is 1.20. The maximum absolute atomic E-state index is 12.6. The summed E-state index contributed by atoms with van der Waals surface area (Å²) in [4.78, 5) is 25.4. The molecule has 1 aliphatic rings. The van der Waals surface area contributed by atoms with Crippen molar-refractivity contribution in [2.24, 2.45) is 5.92 Å². The van der Waals surface area contributed by atoms with Gasteiger partial charge in [-0.15, -0.1) is 5.10 Å². The second-order valence-electron chi connectivity index (χ2n) is 5.37. The Bertz CT molecular complexity index is 699. The lowest BCUT2D eigenvalue weighted by Gasteiger charge is -2.23. The van der Waals surface area contributed by atoms with Crippen molar-refractivity contribution in [3.8, 4) is 5.69 Å². The first-order chi connectivity index (χ1) is 10.6. The average Bonchev–Trinajstić information content (AvgIpc) is 3.16. The van der Waals surface area contributed by atoms with Gasteiger partial charge in [-0.3, -0.25) is 9.59 Å². The molecular formula is C15H16N4O3. The molecule has 0 aliphatic carbocycles. The van der Waals surface area contributed by atoms with Crippen LogP contribution >= 0.6 is 0 Å². The first-order valence-corrected chi connectivity index (χ1v) is 7.08. The van der Waals surface area contributed by atoms with Crippen molar-refractivity contribution < 1.29 is 14.7 Å². The van der Waals surface area contributed by atoms with Crippen molar-refractivity contribution in [1.29, 1.82) is 0 Å².